The fourth-order valence-corrected chi connectivity index (χ4v) is 6.28. The van der Waals surface area contributed by atoms with Crippen molar-refractivity contribution in [1.29, 1.82) is 0 Å². The Labute approximate surface area is 400 Å². The molecule has 18 N–H and O–H groups in total. The molecule has 0 spiro atoms. The number of hydrogen-bond donors (Lipinski definition) is 15. The van der Waals surface area contributed by atoms with Gasteiger partial charge < -0.3 is 80.2 Å². The van der Waals surface area contributed by atoms with Gasteiger partial charge in [-0.1, -0.05) is 30.3 Å². The molecule has 28 heteroatoms. The van der Waals surface area contributed by atoms with Crippen molar-refractivity contribution in [3.63, 3.8) is 0 Å². The van der Waals surface area contributed by atoms with Gasteiger partial charge in [0.05, 0.1) is 32.3 Å². The highest BCUT2D eigenvalue weighted by molar-refractivity contribution is 6.13. The summed E-state index contributed by atoms with van der Waals surface area (Å²) in [4.78, 5) is 151. The molecule has 0 aliphatic carbocycles. The molecule has 0 bridgehead atoms. The van der Waals surface area contributed by atoms with Crippen LogP contribution in [0.4, 0.5) is 0 Å². The number of nitrogens with one attached hydrogen (secondary N) is 8. The SMILES string of the molecule is C[C@@H](O)[C@H](NC(=O)[C@H](CC(N)=O)NC(=O)[C@@H](N)CO)C(=O)N[C@@H](CO)C(=O)NC(CCC(=O)NCCCCNC(=O)C(Cc1ccccc1)NC(=O)C(CO)NC(=O)CCN1C(=O)C=CC1=O)C(N)=O. The minimum atomic E-state index is -1.85. The van der Waals surface area contributed by atoms with Gasteiger partial charge in [-0.2, -0.15) is 0 Å². The van der Waals surface area contributed by atoms with Crippen molar-refractivity contribution in [2.45, 2.75) is 100 Å². The quantitative estimate of drug-likeness (QED) is 0.0235. The van der Waals surface area contributed by atoms with E-state index in [2.05, 4.69) is 42.5 Å². The summed E-state index contributed by atoms with van der Waals surface area (Å²) in [5.41, 5.74) is 16.7. The van der Waals surface area contributed by atoms with Crippen molar-refractivity contribution in [1.82, 2.24) is 47.4 Å². The highest BCUT2D eigenvalue weighted by Gasteiger charge is 2.34. The topological polar surface area (TPSA) is 463 Å². The van der Waals surface area contributed by atoms with Crippen LogP contribution in [0, 0.1) is 0 Å². The van der Waals surface area contributed by atoms with E-state index in [9.17, 15) is 72.9 Å². The van der Waals surface area contributed by atoms with E-state index in [4.69, 9.17) is 22.3 Å². The van der Waals surface area contributed by atoms with E-state index in [0.29, 0.717) is 18.4 Å². The van der Waals surface area contributed by atoms with Gasteiger partial charge in [-0.05, 0) is 31.7 Å². The van der Waals surface area contributed by atoms with E-state index in [1.54, 1.807) is 30.3 Å². The monoisotopic (exact) mass is 990 g/mol. The lowest BCUT2D eigenvalue weighted by Gasteiger charge is -2.26. The molecular formula is C42H62N12O16. The molecule has 0 aromatic heterocycles. The average Bonchev–Trinajstić information content (AvgIpc) is 3.64. The van der Waals surface area contributed by atoms with Crippen molar-refractivity contribution in [2.75, 3.05) is 39.5 Å². The number of benzene rings is 1. The van der Waals surface area contributed by atoms with Crippen molar-refractivity contribution < 1.29 is 78.0 Å². The van der Waals surface area contributed by atoms with Crippen molar-refractivity contribution in [3.05, 3.63) is 48.0 Å². The van der Waals surface area contributed by atoms with Gasteiger partial charge in [-0.15, -0.1) is 0 Å². The zero-order valence-corrected chi connectivity index (χ0v) is 38.2. The van der Waals surface area contributed by atoms with E-state index < -0.39 is 146 Å². The number of rotatable bonds is 32. The van der Waals surface area contributed by atoms with Crippen LogP contribution in [0.3, 0.4) is 0 Å². The lowest BCUT2D eigenvalue weighted by Crippen LogP contribution is -2.62. The van der Waals surface area contributed by atoms with Crippen LogP contribution in [0.15, 0.2) is 42.5 Å². The third-order valence-corrected chi connectivity index (χ3v) is 10.2. The van der Waals surface area contributed by atoms with Crippen LogP contribution in [0.5, 0.6) is 0 Å². The second kappa shape index (κ2) is 30.2. The molecule has 0 saturated carbocycles. The third-order valence-electron chi connectivity index (χ3n) is 10.2. The molecule has 1 aromatic rings. The molecule has 28 nitrogen and oxygen atoms in total. The lowest BCUT2D eigenvalue weighted by molar-refractivity contribution is -0.138. The maximum absolute atomic E-state index is 13.3. The Morgan fingerprint density at radius 2 is 1.13 bits per heavy atom. The van der Waals surface area contributed by atoms with Gasteiger partial charge in [0.15, 0.2) is 0 Å². The summed E-state index contributed by atoms with van der Waals surface area (Å²) in [6.45, 7) is -1.70. The third kappa shape index (κ3) is 20.4. The number of hydrogen-bond acceptors (Lipinski definition) is 17. The summed E-state index contributed by atoms with van der Waals surface area (Å²) in [5.74, 6) is -10.7. The maximum atomic E-state index is 13.3. The smallest absolute Gasteiger partial charge is 0.253 e. The van der Waals surface area contributed by atoms with Crippen molar-refractivity contribution >= 4 is 70.9 Å². The normalized spacial score (nSPS) is 15.4. The van der Waals surface area contributed by atoms with Crippen molar-refractivity contribution in [3.8, 4) is 0 Å². The van der Waals surface area contributed by atoms with Gasteiger partial charge in [0.2, 0.25) is 59.1 Å². The Balaban J connectivity index is 1.88. The van der Waals surface area contributed by atoms with Gasteiger partial charge in [0, 0.05) is 51.0 Å². The standard InChI is InChI=1S/C42H62N12O16/c1-22(58)35(53-39(67)27(18-30(44)59)50-37(65)24(43)19-55)42(70)52-29(21-57)41(69)49-25(36(45)64)9-10-31(60)46-14-5-6-15-47-38(66)26(17-23-7-3-2-4-8-23)51-40(68)28(20-56)48-32(61)13-16-54-33(62)11-12-34(54)63/h2-4,7-8,11-12,22,24-29,35,55-58H,5-6,9-10,13-21,43H2,1H3,(H2,44,59)(H2,45,64)(H,46,60)(H,47,66)(H,48,61)(H,49,69)(H,50,65)(H,51,68)(H,52,70)(H,53,67)/t22-,24+,25?,26?,27+,28?,29+,35+/m1/s1. The average molecular weight is 991 g/mol. The largest absolute Gasteiger partial charge is 0.394 e. The second-order valence-corrected chi connectivity index (χ2v) is 15.8. The molecule has 3 unspecified atom stereocenters. The van der Waals surface area contributed by atoms with E-state index >= 15 is 0 Å². The number of imide groups is 1. The zero-order valence-electron chi connectivity index (χ0n) is 38.2. The first-order valence-corrected chi connectivity index (χ1v) is 21.9. The first kappa shape index (κ1) is 58.7. The Morgan fingerprint density at radius 1 is 0.600 bits per heavy atom. The lowest BCUT2D eigenvalue weighted by atomic mass is 10.0. The highest BCUT2D eigenvalue weighted by atomic mass is 16.3. The number of carbonyl (C=O) groups is 12. The Morgan fingerprint density at radius 3 is 1.67 bits per heavy atom. The Hall–Kier alpha value is -7.40. The fourth-order valence-electron chi connectivity index (χ4n) is 6.28. The van der Waals surface area contributed by atoms with Crippen LogP contribution < -0.4 is 59.7 Å². The molecule has 0 radical (unpaired) electrons. The van der Waals surface area contributed by atoms with Gasteiger partial charge in [0.25, 0.3) is 11.8 Å². The molecule has 8 atom stereocenters. The maximum Gasteiger partial charge on any atom is 0.253 e. The minimum Gasteiger partial charge on any atom is -0.394 e. The molecule has 1 aliphatic heterocycles. The zero-order chi connectivity index (χ0) is 52.5. The van der Waals surface area contributed by atoms with E-state index in [0.717, 1.165) is 24.0 Å². The number of primary amides is 2. The van der Waals surface area contributed by atoms with Gasteiger partial charge >= 0.3 is 0 Å². The summed E-state index contributed by atoms with van der Waals surface area (Å²) < 4.78 is 0. The molecule has 1 aliphatic rings. The summed E-state index contributed by atoms with van der Waals surface area (Å²) in [7, 11) is 0. The van der Waals surface area contributed by atoms with Gasteiger partial charge in [-0.25, -0.2) is 0 Å². The molecule has 2 rings (SSSR count). The molecule has 70 heavy (non-hydrogen) atoms. The van der Waals surface area contributed by atoms with Gasteiger partial charge in [-0.3, -0.25) is 62.4 Å². The summed E-state index contributed by atoms with van der Waals surface area (Å²) >= 11 is 0. The number of aliphatic hydroxyl groups excluding tert-OH is 4. The van der Waals surface area contributed by atoms with Crippen LogP contribution in [0.25, 0.3) is 0 Å². The van der Waals surface area contributed by atoms with E-state index in [1.807, 2.05) is 0 Å². The van der Waals surface area contributed by atoms with Crippen LogP contribution in [-0.4, -0.2) is 184 Å². The van der Waals surface area contributed by atoms with E-state index in [1.165, 1.54) is 0 Å². The van der Waals surface area contributed by atoms with Crippen LogP contribution in [-0.2, 0) is 64.0 Å². The minimum absolute atomic E-state index is 0.0340. The van der Waals surface area contributed by atoms with Crippen molar-refractivity contribution in [2.24, 2.45) is 17.2 Å². The summed E-state index contributed by atoms with van der Waals surface area (Å²) in [6, 6.07) is -2.29. The molecule has 12 amide bonds. The van der Waals surface area contributed by atoms with Crippen LogP contribution in [0.1, 0.15) is 51.0 Å². The molecule has 386 valence electrons. The summed E-state index contributed by atoms with van der Waals surface area (Å²) in [6.07, 6.45) is -0.647. The van der Waals surface area contributed by atoms with Crippen LogP contribution >= 0.6 is 0 Å². The first-order valence-electron chi connectivity index (χ1n) is 21.9. The number of nitrogens with two attached hydrogens (primary N) is 3. The molecular weight excluding hydrogens is 929 g/mol. The number of aliphatic hydroxyl groups is 4. The highest BCUT2D eigenvalue weighted by Crippen LogP contribution is 2.07. The molecule has 0 saturated heterocycles. The number of carbonyl (C=O) groups excluding carboxylic acids is 12. The second-order valence-electron chi connectivity index (χ2n) is 15.8. The van der Waals surface area contributed by atoms with Crippen LogP contribution in [0.2, 0.25) is 0 Å². The number of unbranched alkanes of at least 4 members (excludes halogenated alkanes) is 1. The molecule has 0 fully saturated rings. The number of nitrogens with zero attached hydrogens (tertiary/aromatic N) is 1. The van der Waals surface area contributed by atoms with Gasteiger partial charge in [0.1, 0.15) is 42.3 Å². The predicted octanol–water partition coefficient (Wildman–Crippen LogP) is -8.71. The molecule has 1 aromatic carbocycles. The predicted molar refractivity (Wildman–Crippen MR) is 241 cm³/mol. The first-order chi connectivity index (χ1) is 33.1. The molecule has 1 heterocycles. The fraction of sp³-hybridized carbons (Fsp3) is 0.524. The summed E-state index contributed by atoms with van der Waals surface area (Å²) in [5, 5.41) is 57.7. The van der Waals surface area contributed by atoms with E-state index in [-0.39, 0.29) is 45.3 Å². The number of amides is 12. The Bertz CT molecular complexity index is 2060. The Kier molecular flexibility index (Phi) is 25.3.